The largest absolute Gasteiger partial charge is 0.409 e. The summed E-state index contributed by atoms with van der Waals surface area (Å²) < 4.78 is 1.32. The number of para-hydroxylation sites is 2. The van der Waals surface area contributed by atoms with Gasteiger partial charge in [-0.25, -0.2) is 4.98 Å². The summed E-state index contributed by atoms with van der Waals surface area (Å²) >= 11 is 0. The predicted molar refractivity (Wildman–Crippen MR) is 123 cm³/mol. The fourth-order valence-electron chi connectivity index (χ4n) is 3.72. The second-order valence-corrected chi connectivity index (χ2v) is 7.13. The van der Waals surface area contributed by atoms with Gasteiger partial charge < -0.3 is 10.1 Å². The number of rotatable bonds is 5. The molecule has 1 N–H and O–H groups in total. The van der Waals surface area contributed by atoms with Gasteiger partial charge in [-0.2, -0.15) is 0 Å². The molecule has 0 radical (unpaired) electrons. The fourth-order valence-corrected chi connectivity index (χ4v) is 3.72. The molecule has 3 aromatic carbocycles. The molecule has 0 saturated carbocycles. The highest BCUT2D eigenvalue weighted by Crippen LogP contribution is 2.24. The summed E-state index contributed by atoms with van der Waals surface area (Å²) in [7, 11) is 0. The summed E-state index contributed by atoms with van der Waals surface area (Å²) in [6, 6.07) is 25.8. The third-order valence-corrected chi connectivity index (χ3v) is 5.22. The summed E-state index contributed by atoms with van der Waals surface area (Å²) in [6.07, 6.45) is 0. The molecule has 4 aromatic rings. The molecular weight excluding hydrogens is 404 g/mol. The van der Waals surface area contributed by atoms with Gasteiger partial charge in [0.05, 0.1) is 11.2 Å². The Labute approximate surface area is 184 Å². The molecule has 160 valence electrons. The van der Waals surface area contributed by atoms with Crippen molar-refractivity contribution in [2.45, 2.75) is 13.5 Å². The topological polar surface area (TPSA) is 87.8 Å². The molecule has 0 bridgehead atoms. The summed E-state index contributed by atoms with van der Waals surface area (Å²) in [5, 5.41) is 13.4. The van der Waals surface area contributed by atoms with Gasteiger partial charge in [0.15, 0.2) is 0 Å². The van der Waals surface area contributed by atoms with E-state index in [-0.39, 0.29) is 17.9 Å². The molecule has 7 nitrogen and oxygen atoms in total. The first-order chi connectivity index (χ1) is 15.6. The number of aromatic nitrogens is 2. The Hall–Kier alpha value is -4.26. The lowest BCUT2D eigenvalue weighted by atomic mass is 10.1. The van der Waals surface area contributed by atoms with E-state index in [4.69, 9.17) is 0 Å². The molecule has 0 spiro atoms. The van der Waals surface area contributed by atoms with Gasteiger partial charge in [-0.15, -0.1) is 0 Å². The van der Waals surface area contributed by atoms with Crippen molar-refractivity contribution in [3.05, 3.63) is 101 Å². The van der Waals surface area contributed by atoms with Crippen molar-refractivity contribution in [3.63, 3.8) is 0 Å². The van der Waals surface area contributed by atoms with E-state index in [0.29, 0.717) is 23.1 Å². The zero-order valence-corrected chi connectivity index (χ0v) is 17.5. The van der Waals surface area contributed by atoms with Gasteiger partial charge >= 0.3 is 0 Å². The number of carbonyl (C=O) groups excluding carboxylic acids is 1. The van der Waals surface area contributed by atoms with Crippen LogP contribution in [0.3, 0.4) is 0 Å². The zero-order valence-electron chi connectivity index (χ0n) is 17.5. The summed E-state index contributed by atoms with van der Waals surface area (Å²) in [4.78, 5) is 32.5. The van der Waals surface area contributed by atoms with Gasteiger partial charge in [0.1, 0.15) is 6.54 Å². The number of fused-ring (bicyclic) bond motifs is 1. The van der Waals surface area contributed by atoms with Gasteiger partial charge in [0.25, 0.3) is 11.0 Å². The second-order valence-electron chi connectivity index (χ2n) is 7.13. The molecule has 0 aliphatic heterocycles. The molecule has 7 heteroatoms. The molecule has 0 atom stereocenters. The van der Waals surface area contributed by atoms with E-state index in [2.05, 4.69) is 10.1 Å². The Morgan fingerprint density at radius 3 is 2.25 bits per heavy atom. The molecule has 0 unspecified atom stereocenters. The highest BCUT2D eigenvalue weighted by atomic mass is 16.4. The minimum Gasteiger partial charge on any atom is -0.409 e. The van der Waals surface area contributed by atoms with Crippen LogP contribution in [0.1, 0.15) is 6.92 Å². The average molecular weight is 426 g/mol. The van der Waals surface area contributed by atoms with Gasteiger partial charge in [0.2, 0.25) is 5.91 Å². The lowest BCUT2D eigenvalue weighted by Gasteiger charge is -2.21. The third-order valence-electron chi connectivity index (χ3n) is 5.22. The minimum atomic E-state index is -0.650. The maximum Gasteiger partial charge on any atom is 0.300 e. The van der Waals surface area contributed by atoms with Gasteiger partial charge in [-0.1, -0.05) is 71.9 Å². The molecule has 1 aromatic heterocycles. The number of likely N-dealkylation sites (N-methyl/N-ethyl adjacent to an activating group) is 1. The van der Waals surface area contributed by atoms with Crippen LogP contribution in [0, 0.1) is 0 Å². The van der Waals surface area contributed by atoms with E-state index in [1.165, 1.54) is 4.57 Å². The number of anilines is 1. The molecule has 1 heterocycles. The van der Waals surface area contributed by atoms with E-state index in [1.807, 2.05) is 79.7 Å². The Morgan fingerprint density at radius 2 is 1.59 bits per heavy atom. The van der Waals surface area contributed by atoms with Crippen LogP contribution in [0.15, 0.2) is 94.9 Å². The molecule has 0 aliphatic rings. The van der Waals surface area contributed by atoms with Crippen LogP contribution in [0.2, 0.25) is 0 Å². The number of amides is 1. The van der Waals surface area contributed by atoms with Crippen LogP contribution in [0.5, 0.6) is 0 Å². The lowest BCUT2D eigenvalue weighted by Crippen LogP contribution is -2.40. The second kappa shape index (κ2) is 9.26. The Balaban J connectivity index is 1.94. The number of carbonyl (C=O) groups is 1. The summed E-state index contributed by atoms with van der Waals surface area (Å²) in [6.45, 7) is 2.09. The first kappa shape index (κ1) is 21.0. The molecule has 0 aliphatic carbocycles. The summed E-state index contributed by atoms with van der Waals surface area (Å²) in [5.41, 5.74) is 1.50. The molecule has 4 rings (SSSR count). The first-order valence-corrected chi connectivity index (χ1v) is 10.3. The van der Waals surface area contributed by atoms with E-state index >= 15 is 0 Å². The molecule has 32 heavy (non-hydrogen) atoms. The van der Waals surface area contributed by atoms with Crippen molar-refractivity contribution >= 4 is 22.5 Å². The normalized spacial score (nSPS) is 11.5. The average Bonchev–Trinajstić information content (AvgIpc) is 2.96. The van der Waals surface area contributed by atoms with Crippen LogP contribution >= 0.6 is 0 Å². The number of benzene rings is 3. The van der Waals surface area contributed by atoms with Gasteiger partial charge in [-0.3, -0.25) is 14.2 Å². The minimum absolute atomic E-state index is 0.227. The highest BCUT2D eigenvalue weighted by Gasteiger charge is 2.18. The lowest BCUT2D eigenvalue weighted by molar-refractivity contribution is -0.119. The van der Waals surface area contributed by atoms with Crippen molar-refractivity contribution in [1.82, 2.24) is 9.55 Å². The molecule has 0 fully saturated rings. The van der Waals surface area contributed by atoms with Crippen LogP contribution in [0.25, 0.3) is 22.2 Å². The maximum atomic E-state index is 13.3. The van der Waals surface area contributed by atoms with Crippen LogP contribution in [0.4, 0.5) is 5.69 Å². The molecule has 1 amide bonds. The van der Waals surface area contributed by atoms with Crippen LogP contribution < -0.4 is 15.9 Å². The standard InChI is InChI=1S/C25H22N4O3/c1-2-28(19-13-7-4-8-14-19)22(30)17-29-21-16-10-9-15-20(21)23(18-11-5-3-6-12-18)26-24(27-32)25(29)31/h3-16,32H,2,17H2,1H3/b27-24+. The fraction of sp³-hybridized carbons (Fsp3) is 0.120. The molecule has 0 saturated heterocycles. The van der Waals surface area contributed by atoms with Gasteiger partial charge in [0, 0.05) is 23.2 Å². The number of hydrogen-bond donors (Lipinski definition) is 1. The van der Waals surface area contributed by atoms with Crippen molar-refractivity contribution in [2.24, 2.45) is 5.16 Å². The third kappa shape index (κ3) is 4.00. The van der Waals surface area contributed by atoms with Crippen molar-refractivity contribution in [1.29, 1.82) is 0 Å². The SMILES string of the molecule is CCN(C(=O)Cn1c(=O)/c(=N\O)nc(-c2ccccc2)c2ccccc21)c1ccccc1. The zero-order chi connectivity index (χ0) is 22.5. The van der Waals surface area contributed by atoms with E-state index in [1.54, 1.807) is 17.0 Å². The predicted octanol–water partition coefficient (Wildman–Crippen LogP) is 3.41. The number of nitrogens with zero attached hydrogens (tertiary/aromatic N) is 4. The van der Waals surface area contributed by atoms with E-state index < -0.39 is 5.56 Å². The summed E-state index contributed by atoms with van der Waals surface area (Å²) in [5.74, 6) is -0.262. The molecular formula is C25H22N4O3. The number of hydrogen-bond acceptors (Lipinski definition) is 5. The van der Waals surface area contributed by atoms with E-state index in [0.717, 1.165) is 11.3 Å². The Kier molecular flexibility index (Phi) is 6.07. The van der Waals surface area contributed by atoms with E-state index in [9.17, 15) is 14.8 Å². The van der Waals surface area contributed by atoms with Crippen LogP contribution in [-0.2, 0) is 11.3 Å². The smallest absolute Gasteiger partial charge is 0.300 e. The van der Waals surface area contributed by atoms with Crippen molar-refractivity contribution in [2.75, 3.05) is 11.4 Å². The first-order valence-electron chi connectivity index (χ1n) is 10.3. The maximum absolute atomic E-state index is 13.3. The quantitative estimate of drug-likeness (QED) is 0.391. The Bertz CT molecular complexity index is 1380. The van der Waals surface area contributed by atoms with Gasteiger partial charge in [-0.05, 0) is 25.1 Å². The highest BCUT2D eigenvalue weighted by molar-refractivity contribution is 5.96. The Morgan fingerprint density at radius 1 is 0.969 bits per heavy atom. The monoisotopic (exact) mass is 426 g/mol. The van der Waals surface area contributed by atoms with Crippen molar-refractivity contribution < 1.29 is 10.0 Å². The van der Waals surface area contributed by atoms with Crippen LogP contribution in [-0.4, -0.2) is 27.2 Å². The van der Waals surface area contributed by atoms with Crippen molar-refractivity contribution in [3.8, 4) is 11.3 Å².